The first kappa shape index (κ1) is 24.9. The summed E-state index contributed by atoms with van der Waals surface area (Å²) in [5.74, 6) is 0.170. The third kappa shape index (κ3) is 5.81. The molecule has 1 aromatic heterocycles. The molecule has 2 N–H and O–H groups in total. The molecule has 0 fully saturated rings. The van der Waals surface area contributed by atoms with E-state index in [0.29, 0.717) is 21.6 Å². The van der Waals surface area contributed by atoms with E-state index in [0.717, 1.165) is 28.8 Å². The number of methoxy groups -OCH3 is 1. The molecule has 3 rings (SSSR count). The fourth-order valence-corrected chi connectivity index (χ4v) is 5.27. The van der Waals surface area contributed by atoms with Gasteiger partial charge in [0.25, 0.3) is 0 Å². The molecule has 174 valence electrons. The van der Waals surface area contributed by atoms with Crippen molar-refractivity contribution in [3.63, 3.8) is 0 Å². The number of thiophene rings is 1. The van der Waals surface area contributed by atoms with Crippen LogP contribution in [0.3, 0.4) is 0 Å². The van der Waals surface area contributed by atoms with Gasteiger partial charge in [0.2, 0.25) is 0 Å². The van der Waals surface area contributed by atoms with Crippen molar-refractivity contribution < 1.29 is 9.53 Å². The number of aryl methyl sites for hydroxylation is 1. The summed E-state index contributed by atoms with van der Waals surface area (Å²) >= 11 is 7.16. The molecule has 0 aliphatic heterocycles. The Labute approximate surface area is 206 Å². The minimum Gasteiger partial charge on any atom is -0.465 e. The van der Waals surface area contributed by atoms with Gasteiger partial charge in [-0.15, -0.1) is 11.3 Å². The van der Waals surface area contributed by atoms with E-state index in [1.165, 1.54) is 29.6 Å². The van der Waals surface area contributed by atoms with Crippen LogP contribution in [-0.4, -0.2) is 18.2 Å². The Hall–Kier alpha value is -2.70. The second-order valence-corrected chi connectivity index (χ2v) is 9.76. The van der Waals surface area contributed by atoms with Gasteiger partial charge in [0.05, 0.1) is 13.2 Å². The Kier molecular flexibility index (Phi) is 8.64. The first-order valence-corrected chi connectivity index (χ1v) is 12.6. The van der Waals surface area contributed by atoms with Crippen LogP contribution in [-0.2, 0) is 4.74 Å². The summed E-state index contributed by atoms with van der Waals surface area (Å²) in [6, 6.07) is 18.7. The monoisotopic (exact) mass is 480 g/mol. The average molecular weight is 481 g/mol. The highest BCUT2D eigenvalue weighted by Crippen LogP contribution is 2.40. The van der Waals surface area contributed by atoms with Crippen LogP contribution >= 0.6 is 23.6 Å². The molecule has 0 radical (unpaired) electrons. The summed E-state index contributed by atoms with van der Waals surface area (Å²) < 4.78 is 5.11. The molecule has 0 saturated heterocycles. The molecule has 6 heteroatoms. The Bertz CT molecular complexity index is 1090. The van der Waals surface area contributed by atoms with Crippen LogP contribution in [0, 0.1) is 6.92 Å². The SMILES string of the molecule is CCC(C)c1ccc(C(CC)NC(=S)Nc2sc(C)c(-c3ccccc3)c2C(=O)OC)cc1. The lowest BCUT2D eigenvalue weighted by Crippen LogP contribution is -2.32. The van der Waals surface area contributed by atoms with Crippen molar-refractivity contribution in [1.82, 2.24) is 5.32 Å². The number of ether oxygens (including phenoxy) is 1. The minimum absolute atomic E-state index is 0.0761. The highest BCUT2D eigenvalue weighted by atomic mass is 32.1. The second kappa shape index (κ2) is 11.4. The molecular formula is C27H32N2O2S2. The van der Waals surface area contributed by atoms with E-state index in [-0.39, 0.29) is 12.0 Å². The number of benzene rings is 2. The van der Waals surface area contributed by atoms with Crippen LogP contribution in [0.25, 0.3) is 11.1 Å². The van der Waals surface area contributed by atoms with Crippen molar-refractivity contribution in [3.8, 4) is 11.1 Å². The number of thiocarbonyl (C=S) groups is 1. The summed E-state index contributed by atoms with van der Waals surface area (Å²) in [4.78, 5) is 13.7. The third-order valence-corrected chi connectivity index (χ3v) is 7.24. The molecule has 0 amide bonds. The summed E-state index contributed by atoms with van der Waals surface area (Å²) in [7, 11) is 1.40. The maximum Gasteiger partial charge on any atom is 0.341 e. The summed E-state index contributed by atoms with van der Waals surface area (Å²) in [5.41, 5.74) is 4.91. The van der Waals surface area contributed by atoms with E-state index < -0.39 is 0 Å². The van der Waals surface area contributed by atoms with Gasteiger partial charge in [-0.2, -0.15) is 0 Å². The Morgan fingerprint density at radius 3 is 2.24 bits per heavy atom. The van der Waals surface area contributed by atoms with Crippen molar-refractivity contribution in [2.75, 3.05) is 12.4 Å². The largest absolute Gasteiger partial charge is 0.465 e. The summed E-state index contributed by atoms with van der Waals surface area (Å²) in [5, 5.41) is 7.87. The number of hydrogen-bond donors (Lipinski definition) is 2. The fraction of sp³-hybridized carbons (Fsp3) is 0.333. The van der Waals surface area contributed by atoms with Crippen molar-refractivity contribution in [3.05, 3.63) is 76.2 Å². The number of carbonyl (C=O) groups is 1. The third-order valence-electron chi connectivity index (χ3n) is 6.00. The van der Waals surface area contributed by atoms with Gasteiger partial charge < -0.3 is 15.4 Å². The van der Waals surface area contributed by atoms with Crippen LogP contribution in [0.5, 0.6) is 0 Å². The van der Waals surface area contributed by atoms with Gasteiger partial charge >= 0.3 is 5.97 Å². The molecule has 2 atom stereocenters. The minimum atomic E-state index is -0.379. The Balaban J connectivity index is 1.82. The number of esters is 1. The summed E-state index contributed by atoms with van der Waals surface area (Å²) in [6.45, 7) is 8.59. The van der Waals surface area contributed by atoms with Gasteiger partial charge in [0.15, 0.2) is 5.11 Å². The molecule has 0 aliphatic carbocycles. The maximum absolute atomic E-state index is 12.7. The number of carbonyl (C=O) groups excluding carboxylic acids is 1. The predicted molar refractivity (Wildman–Crippen MR) is 143 cm³/mol. The molecule has 33 heavy (non-hydrogen) atoms. The molecular weight excluding hydrogens is 448 g/mol. The van der Waals surface area contributed by atoms with Gasteiger partial charge in [-0.25, -0.2) is 4.79 Å². The lowest BCUT2D eigenvalue weighted by atomic mass is 9.95. The number of anilines is 1. The van der Waals surface area contributed by atoms with E-state index >= 15 is 0 Å². The predicted octanol–water partition coefficient (Wildman–Crippen LogP) is 7.46. The van der Waals surface area contributed by atoms with E-state index in [4.69, 9.17) is 17.0 Å². The van der Waals surface area contributed by atoms with Gasteiger partial charge in [0, 0.05) is 10.4 Å². The first-order chi connectivity index (χ1) is 15.9. The Morgan fingerprint density at radius 2 is 1.67 bits per heavy atom. The number of hydrogen-bond acceptors (Lipinski definition) is 4. The molecule has 0 bridgehead atoms. The topological polar surface area (TPSA) is 50.4 Å². The van der Waals surface area contributed by atoms with Crippen molar-refractivity contribution in [2.45, 2.75) is 52.5 Å². The molecule has 0 aliphatic rings. The van der Waals surface area contributed by atoms with Crippen LogP contribution in [0.1, 0.15) is 71.9 Å². The molecule has 2 unspecified atom stereocenters. The molecule has 0 spiro atoms. The van der Waals surface area contributed by atoms with Crippen molar-refractivity contribution in [2.24, 2.45) is 0 Å². The van der Waals surface area contributed by atoms with Gasteiger partial charge in [-0.3, -0.25) is 0 Å². The smallest absolute Gasteiger partial charge is 0.341 e. The van der Waals surface area contributed by atoms with Gasteiger partial charge in [-0.05, 0) is 54.6 Å². The highest BCUT2D eigenvalue weighted by Gasteiger charge is 2.25. The zero-order valence-electron chi connectivity index (χ0n) is 19.9. The molecule has 4 nitrogen and oxygen atoms in total. The zero-order valence-corrected chi connectivity index (χ0v) is 21.5. The molecule has 3 aromatic rings. The normalized spacial score (nSPS) is 12.6. The van der Waals surface area contributed by atoms with E-state index in [2.05, 4.69) is 55.7 Å². The lowest BCUT2D eigenvalue weighted by Gasteiger charge is -2.21. The number of nitrogens with one attached hydrogen (secondary N) is 2. The van der Waals surface area contributed by atoms with Gasteiger partial charge in [-0.1, -0.05) is 75.4 Å². The number of rotatable bonds is 8. The maximum atomic E-state index is 12.7. The molecule has 2 aromatic carbocycles. The zero-order chi connectivity index (χ0) is 24.0. The van der Waals surface area contributed by atoms with Crippen LogP contribution in [0.4, 0.5) is 5.00 Å². The Morgan fingerprint density at radius 1 is 1.03 bits per heavy atom. The first-order valence-electron chi connectivity index (χ1n) is 11.3. The quantitative estimate of drug-likeness (QED) is 0.259. The van der Waals surface area contributed by atoms with E-state index in [1.54, 1.807) is 0 Å². The molecule has 1 heterocycles. The van der Waals surface area contributed by atoms with Crippen LogP contribution in [0.15, 0.2) is 54.6 Å². The standard InChI is InChI=1S/C27H32N2O2S2/c1-6-17(3)19-13-15-20(16-14-19)22(7-2)28-27(32)29-25-24(26(30)31-5)23(18(4)33-25)21-11-9-8-10-12-21/h8-17,22H,6-7H2,1-5H3,(H2,28,29,32). The van der Waals surface area contributed by atoms with Gasteiger partial charge in [0.1, 0.15) is 10.6 Å². The van der Waals surface area contributed by atoms with Crippen LogP contribution < -0.4 is 10.6 Å². The lowest BCUT2D eigenvalue weighted by molar-refractivity contribution is 0.0603. The highest BCUT2D eigenvalue weighted by molar-refractivity contribution is 7.80. The molecule has 0 saturated carbocycles. The summed E-state index contributed by atoms with van der Waals surface area (Å²) in [6.07, 6.45) is 2.00. The van der Waals surface area contributed by atoms with E-state index in [1.807, 2.05) is 37.3 Å². The fourth-order valence-electron chi connectivity index (χ4n) is 3.89. The second-order valence-electron chi connectivity index (χ2n) is 8.13. The van der Waals surface area contributed by atoms with Crippen molar-refractivity contribution in [1.29, 1.82) is 0 Å². The average Bonchev–Trinajstić information content (AvgIpc) is 3.17. The van der Waals surface area contributed by atoms with Crippen LogP contribution in [0.2, 0.25) is 0 Å². The van der Waals surface area contributed by atoms with E-state index in [9.17, 15) is 4.79 Å². The van der Waals surface area contributed by atoms with Crippen molar-refractivity contribution >= 4 is 39.6 Å².